The van der Waals surface area contributed by atoms with Gasteiger partial charge >= 0.3 is 0 Å². The maximum absolute atomic E-state index is 14.1. The average molecular weight is 494 g/mol. The van der Waals surface area contributed by atoms with Gasteiger partial charge in [-0.05, 0) is 30.3 Å². The van der Waals surface area contributed by atoms with Crippen LogP contribution in [0.3, 0.4) is 0 Å². The Hall–Kier alpha value is -2.69. The molecule has 1 aliphatic heterocycles. The van der Waals surface area contributed by atoms with E-state index in [1.54, 1.807) is 29.8 Å². The molecular weight excluding hydrogens is 472 g/mol. The van der Waals surface area contributed by atoms with Crippen molar-refractivity contribution in [3.63, 3.8) is 0 Å². The first-order chi connectivity index (χ1) is 15.9. The Morgan fingerprint density at radius 3 is 2.67 bits per heavy atom. The van der Waals surface area contributed by atoms with E-state index in [2.05, 4.69) is 10.2 Å². The molecular formula is C22H22ClF2N5O2S. The molecule has 2 aromatic carbocycles. The molecule has 0 atom stereocenters. The van der Waals surface area contributed by atoms with Crippen molar-refractivity contribution in [3.05, 3.63) is 64.7 Å². The highest BCUT2D eigenvalue weighted by Crippen LogP contribution is 2.28. The van der Waals surface area contributed by atoms with Crippen LogP contribution < -0.4 is 4.90 Å². The van der Waals surface area contributed by atoms with Gasteiger partial charge in [0.05, 0.1) is 24.7 Å². The number of aromatic nitrogens is 3. The molecule has 174 valence electrons. The molecule has 0 unspecified atom stereocenters. The Labute approximate surface area is 199 Å². The van der Waals surface area contributed by atoms with Crippen LogP contribution in [0.1, 0.15) is 5.56 Å². The number of ether oxygens (including phenoxy) is 1. The summed E-state index contributed by atoms with van der Waals surface area (Å²) < 4.78 is 35.2. The molecule has 0 N–H and O–H groups in total. The van der Waals surface area contributed by atoms with E-state index in [0.717, 1.165) is 0 Å². The molecule has 33 heavy (non-hydrogen) atoms. The van der Waals surface area contributed by atoms with Gasteiger partial charge in [0, 0.05) is 37.3 Å². The lowest BCUT2D eigenvalue weighted by molar-refractivity contribution is -0.127. The van der Waals surface area contributed by atoms with Crippen LogP contribution in [0, 0.1) is 11.6 Å². The van der Waals surface area contributed by atoms with Crippen LogP contribution in [0.4, 0.5) is 14.7 Å². The summed E-state index contributed by atoms with van der Waals surface area (Å²) in [4.78, 5) is 16.2. The third-order valence-electron chi connectivity index (χ3n) is 5.18. The molecule has 0 spiro atoms. The van der Waals surface area contributed by atoms with Crippen molar-refractivity contribution < 1.29 is 18.3 Å². The van der Waals surface area contributed by atoms with Crippen molar-refractivity contribution >= 4 is 35.2 Å². The van der Waals surface area contributed by atoms with Crippen molar-refractivity contribution in [1.29, 1.82) is 0 Å². The monoisotopic (exact) mass is 493 g/mol. The zero-order chi connectivity index (χ0) is 23.4. The van der Waals surface area contributed by atoms with E-state index in [0.29, 0.717) is 43.1 Å². The summed E-state index contributed by atoms with van der Waals surface area (Å²) in [6, 6.07) is 10.5. The molecule has 11 heteroatoms. The average Bonchev–Trinajstić information content (AvgIpc) is 3.24. The van der Waals surface area contributed by atoms with Crippen LogP contribution in [0.5, 0.6) is 0 Å². The van der Waals surface area contributed by atoms with Gasteiger partial charge in [-0.15, -0.1) is 10.2 Å². The predicted octanol–water partition coefficient (Wildman–Crippen LogP) is 3.79. The van der Waals surface area contributed by atoms with Gasteiger partial charge in [0.25, 0.3) is 0 Å². The Morgan fingerprint density at radius 1 is 1.18 bits per heavy atom. The van der Waals surface area contributed by atoms with E-state index in [4.69, 9.17) is 16.3 Å². The molecule has 1 amide bonds. The fourth-order valence-electron chi connectivity index (χ4n) is 3.41. The van der Waals surface area contributed by atoms with E-state index >= 15 is 0 Å². The highest BCUT2D eigenvalue weighted by molar-refractivity contribution is 7.99. The van der Waals surface area contributed by atoms with Crippen LogP contribution in [-0.2, 0) is 16.1 Å². The number of hydrogen-bond acceptors (Lipinski definition) is 6. The normalized spacial score (nSPS) is 13.9. The minimum absolute atomic E-state index is 0.0408. The Bertz CT molecular complexity index is 1120. The summed E-state index contributed by atoms with van der Waals surface area (Å²) in [5.41, 5.74) is 0.820. The van der Waals surface area contributed by atoms with Crippen molar-refractivity contribution in [1.82, 2.24) is 19.7 Å². The molecule has 0 saturated carbocycles. The van der Waals surface area contributed by atoms with Gasteiger partial charge < -0.3 is 14.5 Å². The molecule has 0 bridgehead atoms. The van der Waals surface area contributed by atoms with Gasteiger partial charge in [-0.25, -0.2) is 8.78 Å². The number of rotatable bonds is 7. The first-order valence-corrected chi connectivity index (χ1v) is 11.6. The highest BCUT2D eigenvalue weighted by atomic mass is 35.5. The molecule has 2 heterocycles. The van der Waals surface area contributed by atoms with Crippen LogP contribution in [0.2, 0.25) is 5.02 Å². The molecule has 0 radical (unpaired) electrons. The Balaban J connectivity index is 1.52. The fourth-order valence-corrected chi connectivity index (χ4v) is 4.52. The second kappa shape index (κ2) is 10.5. The standard InChI is InChI=1S/C22H22ClF2N5O2S/c1-28(13-17-18(23)6-3-7-19(17)25)20(31)14-33-22-27-26-21(29-8-10-32-11-9-29)30(22)16-5-2-4-15(24)12-16/h2-7,12H,8-11,13-14H2,1H3. The number of amides is 1. The van der Waals surface area contributed by atoms with Crippen molar-refractivity contribution in [3.8, 4) is 5.69 Å². The van der Waals surface area contributed by atoms with Gasteiger partial charge in [0.1, 0.15) is 11.6 Å². The molecule has 3 aromatic rings. The van der Waals surface area contributed by atoms with Gasteiger partial charge in [0.2, 0.25) is 11.9 Å². The Morgan fingerprint density at radius 2 is 1.94 bits per heavy atom. The molecule has 0 aliphatic carbocycles. The van der Waals surface area contributed by atoms with E-state index in [9.17, 15) is 13.6 Å². The van der Waals surface area contributed by atoms with Crippen LogP contribution >= 0.6 is 23.4 Å². The molecule has 1 aliphatic rings. The number of anilines is 1. The first-order valence-electron chi connectivity index (χ1n) is 10.3. The molecule has 4 rings (SSSR count). The predicted molar refractivity (Wildman–Crippen MR) is 123 cm³/mol. The van der Waals surface area contributed by atoms with Gasteiger partial charge in [-0.1, -0.05) is 35.5 Å². The van der Waals surface area contributed by atoms with Gasteiger partial charge in [-0.3, -0.25) is 9.36 Å². The van der Waals surface area contributed by atoms with E-state index in [-0.39, 0.29) is 34.6 Å². The summed E-state index contributed by atoms with van der Waals surface area (Å²) >= 11 is 7.26. The van der Waals surface area contributed by atoms with Crippen LogP contribution in [-0.4, -0.2) is 64.7 Å². The summed E-state index contributed by atoms with van der Waals surface area (Å²) in [5.74, 6) is -0.482. The number of carbonyl (C=O) groups excluding carboxylic acids is 1. The topological polar surface area (TPSA) is 63.5 Å². The van der Waals surface area contributed by atoms with E-state index < -0.39 is 5.82 Å². The Kier molecular flexibility index (Phi) is 7.46. The lowest BCUT2D eigenvalue weighted by atomic mass is 10.2. The number of benzene rings is 2. The molecule has 1 aromatic heterocycles. The maximum atomic E-state index is 14.1. The quantitative estimate of drug-likeness (QED) is 0.467. The third-order valence-corrected chi connectivity index (χ3v) is 6.45. The second-order valence-electron chi connectivity index (χ2n) is 7.44. The van der Waals surface area contributed by atoms with Crippen molar-refractivity contribution in [2.75, 3.05) is 44.0 Å². The smallest absolute Gasteiger partial charge is 0.233 e. The number of thioether (sulfide) groups is 1. The number of hydrogen-bond donors (Lipinski definition) is 0. The lowest BCUT2D eigenvalue weighted by Crippen LogP contribution is -2.37. The molecule has 7 nitrogen and oxygen atoms in total. The number of carbonyl (C=O) groups is 1. The number of morpholine rings is 1. The SMILES string of the molecule is CN(Cc1c(F)cccc1Cl)C(=O)CSc1nnc(N2CCOCC2)n1-c1cccc(F)c1. The summed E-state index contributed by atoms with van der Waals surface area (Å²) in [6.07, 6.45) is 0. The molecule has 1 fully saturated rings. The second-order valence-corrected chi connectivity index (χ2v) is 8.79. The van der Waals surface area contributed by atoms with Crippen molar-refractivity contribution in [2.24, 2.45) is 0 Å². The van der Waals surface area contributed by atoms with Crippen LogP contribution in [0.25, 0.3) is 5.69 Å². The third kappa shape index (κ3) is 5.45. The lowest BCUT2D eigenvalue weighted by Gasteiger charge is -2.28. The zero-order valence-corrected chi connectivity index (χ0v) is 19.5. The summed E-state index contributed by atoms with van der Waals surface area (Å²) in [7, 11) is 1.59. The first kappa shape index (κ1) is 23.5. The fraction of sp³-hybridized carbons (Fsp3) is 0.318. The van der Waals surface area contributed by atoms with E-state index in [1.165, 1.54) is 40.9 Å². The van der Waals surface area contributed by atoms with Crippen molar-refractivity contribution in [2.45, 2.75) is 11.7 Å². The van der Waals surface area contributed by atoms with Gasteiger partial charge in [0.15, 0.2) is 5.16 Å². The maximum Gasteiger partial charge on any atom is 0.233 e. The summed E-state index contributed by atoms with van der Waals surface area (Å²) in [5, 5.41) is 9.29. The number of nitrogens with zero attached hydrogens (tertiary/aromatic N) is 5. The zero-order valence-electron chi connectivity index (χ0n) is 17.9. The van der Waals surface area contributed by atoms with Gasteiger partial charge in [-0.2, -0.15) is 0 Å². The summed E-state index contributed by atoms with van der Waals surface area (Å²) in [6.45, 7) is 2.41. The molecule has 1 saturated heterocycles. The minimum Gasteiger partial charge on any atom is -0.378 e. The van der Waals surface area contributed by atoms with E-state index in [1.807, 2.05) is 4.90 Å². The van der Waals surface area contributed by atoms with Crippen LogP contribution in [0.15, 0.2) is 47.6 Å². The number of halogens is 3. The largest absolute Gasteiger partial charge is 0.378 e. The minimum atomic E-state index is -0.462. The highest BCUT2D eigenvalue weighted by Gasteiger charge is 2.23.